The van der Waals surface area contributed by atoms with Gasteiger partial charge in [0.25, 0.3) is 5.91 Å². The van der Waals surface area contributed by atoms with Gasteiger partial charge in [-0.1, -0.05) is 24.3 Å². The standard InChI is InChI=1S/C21H27N3O2/c1-26-16-21(10-12-22-13-11-21)15-23-20(25)17-6-5-9-19(14-17)24-18-7-3-2-4-8-18/h2-9,14,22,24H,10-13,15-16H2,1H3,(H,23,25). The highest BCUT2D eigenvalue weighted by molar-refractivity contribution is 5.95. The van der Waals surface area contributed by atoms with Crippen molar-refractivity contribution >= 4 is 17.3 Å². The molecule has 1 heterocycles. The molecule has 0 aliphatic carbocycles. The molecule has 1 saturated heterocycles. The number of para-hydroxylation sites is 1. The molecule has 5 heteroatoms. The quantitative estimate of drug-likeness (QED) is 0.715. The third-order valence-corrected chi connectivity index (χ3v) is 4.93. The number of rotatable bonds is 7. The van der Waals surface area contributed by atoms with E-state index in [1.165, 1.54) is 0 Å². The third kappa shape index (κ3) is 4.84. The summed E-state index contributed by atoms with van der Waals surface area (Å²) < 4.78 is 5.42. The van der Waals surface area contributed by atoms with Gasteiger partial charge in [-0.3, -0.25) is 4.79 Å². The first-order valence-electron chi connectivity index (χ1n) is 9.11. The maximum atomic E-state index is 12.6. The van der Waals surface area contributed by atoms with Crippen molar-refractivity contribution < 1.29 is 9.53 Å². The molecule has 2 aromatic carbocycles. The predicted molar refractivity (Wildman–Crippen MR) is 105 cm³/mol. The van der Waals surface area contributed by atoms with Crippen LogP contribution >= 0.6 is 0 Å². The van der Waals surface area contributed by atoms with Crippen molar-refractivity contribution in [2.24, 2.45) is 5.41 Å². The molecular formula is C21H27N3O2. The lowest BCUT2D eigenvalue weighted by Crippen LogP contribution is -2.47. The molecule has 0 saturated carbocycles. The van der Waals surface area contributed by atoms with Gasteiger partial charge >= 0.3 is 0 Å². The highest BCUT2D eigenvalue weighted by Gasteiger charge is 2.32. The zero-order valence-electron chi connectivity index (χ0n) is 15.3. The normalized spacial score (nSPS) is 16.0. The van der Waals surface area contributed by atoms with Crippen LogP contribution in [0.1, 0.15) is 23.2 Å². The van der Waals surface area contributed by atoms with E-state index in [2.05, 4.69) is 16.0 Å². The number of carbonyl (C=O) groups is 1. The van der Waals surface area contributed by atoms with E-state index >= 15 is 0 Å². The molecule has 0 spiro atoms. The molecule has 0 atom stereocenters. The van der Waals surface area contributed by atoms with Crippen molar-refractivity contribution in [3.8, 4) is 0 Å². The maximum Gasteiger partial charge on any atom is 0.251 e. The largest absolute Gasteiger partial charge is 0.384 e. The minimum absolute atomic E-state index is 0.0234. The number of benzene rings is 2. The first kappa shape index (κ1) is 18.4. The van der Waals surface area contributed by atoms with Gasteiger partial charge in [0.2, 0.25) is 0 Å². The number of methoxy groups -OCH3 is 1. The Morgan fingerprint density at radius 1 is 1.08 bits per heavy atom. The van der Waals surface area contributed by atoms with Gasteiger partial charge in [-0.15, -0.1) is 0 Å². The minimum Gasteiger partial charge on any atom is -0.384 e. The fraction of sp³-hybridized carbons (Fsp3) is 0.381. The summed E-state index contributed by atoms with van der Waals surface area (Å²) in [4.78, 5) is 12.6. The number of hydrogen-bond donors (Lipinski definition) is 3. The number of nitrogens with one attached hydrogen (secondary N) is 3. The second-order valence-corrected chi connectivity index (χ2v) is 6.94. The average molecular weight is 353 g/mol. The molecular weight excluding hydrogens is 326 g/mol. The average Bonchev–Trinajstić information content (AvgIpc) is 2.68. The molecule has 2 aromatic rings. The number of hydrogen-bond acceptors (Lipinski definition) is 4. The molecule has 1 aliphatic rings. The third-order valence-electron chi connectivity index (χ3n) is 4.93. The van der Waals surface area contributed by atoms with Crippen molar-refractivity contribution in [1.29, 1.82) is 0 Å². The number of piperidine rings is 1. The highest BCUT2D eigenvalue weighted by Crippen LogP contribution is 2.28. The molecule has 0 bridgehead atoms. The summed E-state index contributed by atoms with van der Waals surface area (Å²) in [5.41, 5.74) is 2.58. The first-order chi connectivity index (χ1) is 12.7. The molecule has 0 radical (unpaired) electrons. The molecule has 5 nitrogen and oxygen atoms in total. The summed E-state index contributed by atoms with van der Waals surface area (Å²) in [7, 11) is 1.73. The van der Waals surface area contributed by atoms with Crippen molar-refractivity contribution in [3.05, 3.63) is 60.2 Å². The second-order valence-electron chi connectivity index (χ2n) is 6.94. The van der Waals surface area contributed by atoms with Crippen molar-refractivity contribution in [2.75, 3.05) is 38.7 Å². The number of anilines is 2. The van der Waals surface area contributed by atoms with Crippen LogP contribution in [0.3, 0.4) is 0 Å². The van der Waals surface area contributed by atoms with Crippen molar-refractivity contribution in [2.45, 2.75) is 12.8 Å². The Bertz CT molecular complexity index is 707. The fourth-order valence-corrected chi connectivity index (χ4v) is 3.43. The SMILES string of the molecule is COCC1(CNC(=O)c2cccc(Nc3ccccc3)c2)CCNCC1. The summed E-state index contributed by atoms with van der Waals surface area (Å²) in [6.45, 7) is 3.24. The molecule has 0 aromatic heterocycles. The molecule has 3 rings (SSSR count). The molecule has 1 aliphatic heterocycles. The van der Waals surface area contributed by atoms with Crippen molar-refractivity contribution in [1.82, 2.24) is 10.6 Å². The van der Waals surface area contributed by atoms with Gasteiger partial charge in [-0.25, -0.2) is 0 Å². The van der Waals surface area contributed by atoms with E-state index in [-0.39, 0.29) is 11.3 Å². The van der Waals surface area contributed by atoms with E-state index in [4.69, 9.17) is 4.74 Å². The van der Waals surface area contributed by atoms with Gasteiger partial charge in [0, 0.05) is 36.0 Å². The fourth-order valence-electron chi connectivity index (χ4n) is 3.43. The first-order valence-corrected chi connectivity index (χ1v) is 9.11. The van der Waals surface area contributed by atoms with Crippen LogP contribution < -0.4 is 16.0 Å². The Labute approximate surface area is 155 Å². The zero-order chi connectivity index (χ0) is 18.2. The van der Waals surface area contributed by atoms with Gasteiger partial charge in [0.05, 0.1) is 6.61 Å². The summed E-state index contributed by atoms with van der Waals surface area (Å²) in [6, 6.07) is 17.5. The van der Waals surface area contributed by atoms with Gasteiger partial charge in [-0.2, -0.15) is 0 Å². The van der Waals surface area contributed by atoms with Crippen LogP contribution in [0.2, 0.25) is 0 Å². The lowest BCUT2D eigenvalue weighted by atomic mass is 9.79. The zero-order valence-corrected chi connectivity index (χ0v) is 15.3. The molecule has 138 valence electrons. The van der Waals surface area contributed by atoms with E-state index in [1.54, 1.807) is 7.11 Å². The lowest BCUT2D eigenvalue weighted by molar-refractivity contribution is 0.0512. The monoisotopic (exact) mass is 353 g/mol. The number of ether oxygens (including phenoxy) is 1. The van der Waals surface area contributed by atoms with E-state index in [0.29, 0.717) is 18.7 Å². The predicted octanol–water partition coefficient (Wildman–Crippen LogP) is 3.18. The summed E-state index contributed by atoms with van der Waals surface area (Å²) >= 11 is 0. The lowest BCUT2D eigenvalue weighted by Gasteiger charge is -2.37. The van der Waals surface area contributed by atoms with Crippen LogP contribution in [-0.2, 0) is 4.74 Å². The Kier molecular flexibility index (Phi) is 6.26. The number of carbonyl (C=O) groups excluding carboxylic acids is 1. The number of amides is 1. The van der Waals surface area contributed by atoms with Crippen LogP contribution in [0.5, 0.6) is 0 Å². The van der Waals surface area contributed by atoms with Crippen LogP contribution in [-0.4, -0.2) is 39.3 Å². The van der Waals surface area contributed by atoms with Gasteiger partial charge in [0.15, 0.2) is 0 Å². The summed E-state index contributed by atoms with van der Waals surface area (Å²) in [5, 5.41) is 9.81. The molecule has 3 N–H and O–H groups in total. The van der Waals surface area contributed by atoms with Gasteiger partial charge in [-0.05, 0) is 56.3 Å². The van der Waals surface area contributed by atoms with Crippen LogP contribution in [0.25, 0.3) is 0 Å². The van der Waals surface area contributed by atoms with E-state index in [0.717, 1.165) is 37.3 Å². The Balaban J connectivity index is 1.63. The summed E-state index contributed by atoms with van der Waals surface area (Å²) in [6.07, 6.45) is 2.02. The molecule has 0 unspecified atom stereocenters. The Hall–Kier alpha value is -2.37. The highest BCUT2D eigenvalue weighted by atomic mass is 16.5. The Morgan fingerprint density at radius 3 is 2.54 bits per heavy atom. The van der Waals surface area contributed by atoms with Gasteiger partial charge < -0.3 is 20.7 Å². The Morgan fingerprint density at radius 2 is 1.81 bits per heavy atom. The van der Waals surface area contributed by atoms with E-state index in [9.17, 15) is 4.79 Å². The van der Waals surface area contributed by atoms with E-state index in [1.807, 2.05) is 54.6 Å². The molecule has 26 heavy (non-hydrogen) atoms. The van der Waals surface area contributed by atoms with Crippen LogP contribution in [0.4, 0.5) is 11.4 Å². The van der Waals surface area contributed by atoms with E-state index < -0.39 is 0 Å². The molecule has 1 amide bonds. The van der Waals surface area contributed by atoms with Crippen molar-refractivity contribution in [3.63, 3.8) is 0 Å². The summed E-state index contributed by atoms with van der Waals surface area (Å²) in [5.74, 6) is -0.0456. The maximum absolute atomic E-state index is 12.6. The van der Waals surface area contributed by atoms with Crippen LogP contribution in [0, 0.1) is 5.41 Å². The van der Waals surface area contributed by atoms with Crippen LogP contribution in [0.15, 0.2) is 54.6 Å². The molecule has 1 fully saturated rings. The minimum atomic E-state index is -0.0456. The second kappa shape index (κ2) is 8.83. The smallest absolute Gasteiger partial charge is 0.251 e. The van der Waals surface area contributed by atoms with Gasteiger partial charge in [0.1, 0.15) is 0 Å². The topological polar surface area (TPSA) is 62.4 Å².